The SMILES string of the molecule is CCN1CCN([C@H](C)CNc2nc(C)cc(C)n2)CC1. The summed E-state index contributed by atoms with van der Waals surface area (Å²) < 4.78 is 0. The lowest BCUT2D eigenvalue weighted by molar-refractivity contribution is 0.110. The fraction of sp³-hybridized carbons (Fsp3) is 0.733. The number of piperazine rings is 1. The van der Waals surface area contributed by atoms with E-state index in [1.54, 1.807) is 0 Å². The van der Waals surface area contributed by atoms with Gasteiger partial charge in [-0.25, -0.2) is 9.97 Å². The topological polar surface area (TPSA) is 44.3 Å². The molecule has 1 aromatic heterocycles. The lowest BCUT2D eigenvalue weighted by Gasteiger charge is -2.37. The Labute approximate surface area is 122 Å². The van der Waals surface area contributed by atoms with Gasteiger partial charge in [0.15, 0.2) is 0 Å². The minimum absolute atomic E-state index is 0.512. The van der Waals surface area contributed by atoms with Gasteiger partial charge in [-0.2, -0.15) is 0 Å². The molecule has 0 aliphatic carbocycles. The van der Waals surface area contributed by atoms with Crippen molar-refractivity contribution in [3.63, 3.8) is 0 Å². The van der Waals surface area contributed by atoms with Gasteiger partial charge in [-0.3, -0.25) is 4.90 Å². The van der Waals surface area contributed by atoms with Crippen molar-refractivity contribution in [3.05, 3.63) is 17.5 Å². The van der Waals surface area contributed by atoms with Gasteiger partial charge in [0.25, 0.3) is 0 Å². The van der Waals surface area contributed by atoms with Crippen LogP contribution in [0.5, 0.6) is 0 Å². The molecule has 1 saturated heterocycles. The van der Waals surface area contributed by atoms with Crippen LogP contribution in [0.4, 0.5) is 5.95 Å². The molecule has 0 spiro atoms. The van der Waals surface area contributed by atoms with Crippen molar-refractivity contribution in [1.29, 1.82) is 0 Å². The van der Waals surface area contributed by atoms with Crippen LogP contribution in [0.15, 0.2) is 6.07 Å². The van der Waals surface area contributed by atoms with E-state index in [9.17, 15) is 0 Å². The summed E-state index contributed by atoms with van der Waals surface area (Å²) >= 11 is 0. The van der Waals surface area contributed by atoms with Crippen LogP contribution in [0.25, 0.3) is 0 Å². The van der Waals surface area contributed by atoms with E-state index >= 15 is 0 Å². The van der Waals surface area contributed by atoms with E-state index in [4.69, 9.17) is 0 Å². The first-order valence-electron chi connectivity index (χ1n) is 7.61. The summed E-state index contributed by atoms with van der Waals surface area (Å²) in [7, 11) is 0. The lowest BCUT2D eigenvalue weighted by Crippen LogP contribution is -2.51. The Balaban J connectivity index is 1.81. The number of hydrogen-bond donors (Lipinski definition) is 1. The average Bonchev–Trinajstić information content (AvgIpc) is 2.44. The van der Waals surface area contributed by atoms with E-state index < -0.39 is 0 Å². The monoisotopic (exact) mass is 277 g/mol. The molecule has 0 bridgehead atoms. The Morgan fingerprint density at radius 1 is 1.15 bits per heavy atom. The van der Waals surface area contributed by atoms with Crippen LogP contribution < -0.4 is 5.32 Å². The minimum Gasteiger partial charge on any atom is -0.353 e. The van der Waals surface area contributed by atoms with Gasteiger partial charge in [-0.15, -0.1) is 0 Å². The molecule has 0 saturated carbocycles. The number of nitrogens with one attached hydrogen (secondary N) is 1. The quantitative estimate of drug-likeness (QED) is 0.884. The molecule has 20 heavy (non-hydrogen) atoms. The second-order valence-electron chi connectivity index (χ2n) is 5.67. The van der Waals surface area contributed by atoms with Gasteiger partial charge in [-0.05, 0) is 33.4 Å². The third-order valence-corrected chi connectivity index (χ3v) is 4.02. The number of anilines is 1. The summed E-state index contributed by atoms with van der Waals surface area (Å²) in [5.74, 6) is 0.751. The minimum atomic E-state index is 0.512. The maximum atomic E-state index is 4.43. The standard InChI is InChI=1S/C15H27N5/c1-5-19-6-8-20(9-7-19)14(4)11-16-15-17-12(2)10-13(3)18-15/h10,14H,5-9,11H2,1-4H3,(H,16,17,18)/t14-/m1/s1. The van der Waals surface area contributed by atoms with Gasteiger partial charge in [0.2, 0.25) is 5.95 Å². The molecule has 1 aromatic rings. The third-order valence-electron chi connectivity index (χ3n) is 4.02. The summed E-state index contributed by atoms with van der Waals surface area (Å²) in [5, 5.41) is 3.37. The second-order valence-corrected chi connectivity index (χ2v) is 5.67. The predicted octanol–water partition coefficient (Wildman–Crippen LogP) is 1.53. The molecule has 1 atom stereocenters. The first-order valence-corrected chi connectivity index (χ1v) is 7.61. The van der Waals surface area contributed by atoms with E-state index in [-0.39, 0.29) is 0 Å². The van der Waals surface area contributed by atoms with E-state index in [0.717, 1.165) is 43.5 Å². The Kier molecular flexibility index (Phi) is 5.31. The predicted molar refractivity (Wildman–Crippen MR) is 83.1 cm³/mol. The number of hydrogen-bond acceptors (Lipinski definition) is 5. The highest BCUT2D eigenvalue weighted by Crippen LogP contribution is 2.08. The fourth-order valence-corrected chi connectivity index (χ4v) is 2.69. The molecule has 1 N–H and O–H groups in total. The van der Waals surface area contributed by atoms with Crippen molar-refractivity contribution in [1.82, 2.24) is 19.8 Å². The molecular formula is C15H27N5. The van der Waals surface area contributed by atoms with Crippen molar-refractivity contribution >= 4 is 5.95 Å². The highest BCUT2D eigenvalue weighted by atomic mass is 15.3. The van der Waals surface area contributed by atoms with Crippen molar-refractivity contribution in [2.45, 2.75) is 33.7 Å². The summed E-state index contributed by atoms with van der Waals surface area (Å²) in [6.45, 7) is 15.3. The third kappa shape index (κ3) is 4.15. The zero-order valence-electron chi connectivity index (χ0n) is 13.2. The molecule has 1 aliphatic rings. The number of rotatable bonds is 5. The van der Waals surface area contributed by atoms with Crippen molar-refractivity contribution < 1.29 is 0 Å². The molecule has 112 valence electrons. The largest absolute Gasteiger partial charge is 0.353 e. The molecule has 1 fully saturated rings. The zero-order valence-corrected chi connectivity index (χ0v) is 13.2. The van der Waals surface area contributed by atoms with E-state index in [1.807, 2.05) is 19.9 Å². The number of likely N-dealkylation sites (N-methyl/N-ethyl adjacent to an activating group) is 1. The van der Waals surface area contributed by atoms with Crippen molar-refractivity contribution in [2.24, 2.45) is 0 Å². The average molecular weight is 277 g/mol. The summed E-state index contributed by atoms with van der Waals surface area (Å²) in [4.78, 5) is 13.9. The maximum Gasteiger partial charge on any atom is 0.223 e. The highest BCUT2D eigenvalue weighted by molar-refractivity contribution is 5.27. The molecule has 0 radical (unpaired) electrons. The summed E-state index contributed by atoms with van der Waals surface area (Å²) in [5.41, 5.74) is 2.04. The number of nitrogens with zero attached hydrogens (tertiary/aromatic N) is 4. The first kappa shape index (κ1) is 15.2. The Hall–Kier alpha value is -1.20. The smallest absolute Gasteiger partial charge is 0.223 e. The lowest BCUT2D eigenvalue weighted by atomic mass is 10.2. The normalized spacial score (nSPS) is 19.0. The van der Waals surface area contributed by atoms with Crippen LogP contribution in [0.1, 0.15) is 25.2 Å². The van der Waals surface area contributed by atoms with E-state index in [1.165, 1.54) is 13.1 Å². The Morgan fingerprint density at radius 2 is 1.75 bits per heavy atom. The van der Waals surface area contributed by atoms with Gasteiger partial charge < -0.3 is 10.2 Å². The molecule has 1 aliphatic heterocycles. The van der Waals surface area contributed by atoms with Crippen LogP contribution in [-0.4, -0.2) is 65.1 Å². The van der Waals surface area contributed by atoms with Crippen LogP contribution in [0.3, 0.4) is 0 Å². The van der Waals surface area contributed by atoms with Gasteiger partial charge in [-0.1, -0.05) is 6.92 Å². The van der Waals surface area contributed by atoms with Crippen LogP contribution >= 0.6 is 0 Å². The summed E-state index contributed by atoms with van der Waals surface area (Å²) in [6, 6.07) is 2.51. The Bertz CT molecular complexity index is 406. The number of aryl methyl sites for hydroxylation is 2. The summed E-state index contributed by atoms with van der Waals surface area (Å²) in [6.07, 6.45) is 0. The van der Waals surface area contributed by atoms with E-state index in [0.29, 0.717) is 6.04 Å². The maximum absolute atomic E-state index is 4.43. The molecule has 2 heterocycles. The van der Waals surface area contributed by atoms with Crippen LogP contribution in [0.2, 0.25) is 0 Å². The molecular weight excluding hydrogens is 250 g/mol. The van der Waals surface area contributed by atoms with Crippen LogP contribution in [-0.2, 0) is 0 Å². The fourth-order valence-electron chi connectivity index (χ4n) is 2.69. The molecule has 2 rings (SSSR count). The Morgan fingerprint density at radius 3 is 2.30 bits per heavy atom. The zero-order chi connectivity index (χ0) is 14.5. The van der Waals surface area contributed by atoms with Gasteiger partial charge in [0.1, 0.15) is 0 Å². The molecule has 0 amide bonds. The van der Waals surface area contributed by atoms with Crippen molar-refractivity contribution in [2.75, 3.05) is 44.6 Å². The number of aromatic nitrogens is 2. The van der Waals surface area contributed by atoms with Crippen LogP contribution in [0, 0.1) is 13.8 Å². The highest BCUT2D eigenvalue weighted by Gasteiger charge is 2.20. The molecule has 5 heteroatoms. The second kappa shape index (κ2) is 6.99. The van der Waals surface area contributed by atoms with Gasteiger partial charge >= 0.3 is 0 Å². The molecule has 0 aromatic carbocycles. The van der Waals surface area contributed by atoms with Gasteiger partial charge in [0.05, 0.1) is 0 Å². The van der Waals surface area contributed by atoms with Crippen molar-refractivity contribution in [3.8, 4) is 0 Å². The molecule has 0 unspecified atom stereocenters. The van der Waals surface area contributed by atoms with E-state index in [2.05, 4.69) is 38.9 Å². The van der Waals surface area contributed by atoms with Gasteiger partial charge in [0, 0.05) is 50.2 Å². The first-order chi connectivity index (χ1) is 9.58. The molecule has 5 nitrogen and oxygen atoms in total.